The molecule has 1 amide bonds. The summed E-state index contributed by atoms with van der Waals surface area (Å²) in [6.07, 6.45) is 5.62. The Balaban J connectivity index is 2.68. The average molecular weight is 238 g/mol. The minimum absolute atomic E-state index is 0.134. The van der Waals surface area contributed by atoms with Crippen LogP contribution in [0.4, 0.5) is 0 Å². The van der Waals surface area contributed by atoms with Crippen LogP contribution in [0.15, 0.2) is 12.7 Å². The number of amides is 1. The van der Waals surface area contributed by atoms with Crippen molar-refractivity contribution in [1.82, 2.24) is 4.90 Å². The minimum atomic E-state index is -0.134. The van der Waals surface area contributed by atoms with Gasteiger partial charge in [0.2, 0.25) is 5.91 Å². The van der Waals surface area contributed by atoms with E-state index in [0.29, 0.717) is 12.6 Å². The van der Waals surface area contributed by atoms with Crippen molar-refractivity contribution in [3.05, 3.63) is 12.7 Å². The summed E-state index contributed by atoms with van der Waals surface area (Å²) in [5.41, 5.74) is 5.74. The second-order valence-corrected chi connectivity index (χ2v) is 6.02. The van der Waals surface area contributed by atoms with Crippen molar-refractivity contribution in [1.29, 1.82) is 0 Å². The number of nitrogens with two attached hydrogens (primary N) is 1. The minimum Gasteiger partial charge on any atom is -0.334 e. The number of carbonyl (C=O) groups is 1. The second kappa shape index (κ2) is 5.67. The van der Waals surface area contributed by atoms with Gasteiger partial charge in [0.05, 0.1) is 0 Å². The van der Waals surface area contributed by atoms with Crippen LogP contribution in [0.2, 0.25) is 0 Å². The van der Waals surface area contributed by atoms with Gasteiger partial charge in [-0.1, -0.05) is 6.08 Å². The van der Waals surface area contributed by atoms with E-state index in [-0.39, 0.29) is 17.4 Å². The molecule has 2 N–H and O–H groups in total. The number of hydrogen-bond donors (Lipinski definition) is 1. The van der Waals surface area contributed by atoms with Crippen molar-refractivity contribution in [3.63, 3.8) is 0 Å². The van der Waals surface area contributed by atoms with Crippen LogP contribution in [0.5, 0.6) is 0 Å². The second-order valence-electron chi connectivity index (χ2n) is 6.02. The van der Waals surface area contributed by atoms with Gasteiger partial charge in [-0.05, 0) is 46.5 Å². The maximum Gasteiger partial charge on any atom is 0.226 e. The SMILES string of the molecule is C=CCN(C(=O)C1CCC(N)CC1)C(C)(C)C. The molecule has 0 aromatic rings. The van der Waals surface area contributed by atoms with Crippen molar-refractivity contribution < 1.29 is 4.79 Å². The molecule has 0 spiro atoms. The molecule has 1 aliphatic rings. The summed E-state index contributed by atoms with van der Waals surface area (Å²) < 4.78 is 0. The van der Waals surface area contributed by atoms with Crippen molar-refractivity contribution in [2.45, 2.75) is 58.0 Å². The van der Waals surface area contributed by atoms with Gasteiger partial charge in [0, 0.05) is 24.0 Å². The van der Waals surface area contributed by atoms with Gasteiger partial charge in [0.1, 0.15) is 0 Å². The van der Waals surface area contributed by atoms with Gasteiger partial charge in [-0.3, -0.25) is 4.79 Å². The fourth-order valence-corrected chi connectivity index (χ4v) is 2.41. The molecule has 98 valence electrons. The number of carbonyl (C=O) groups excluding carboxylic acids is 1. The summed E-state index contributed by atoms with van der Waals surface area (Å²) >= 11 is 0. The van der Waals surface area contributed by atoms with E-state index in [1.165, 1.54) is 0 Å². The zero-order chi connectivity index (χ0) is 13.1. The van der Waals surface area contributed by atoms with E-state index in [9.17, 15) is 4.79 Å². The van der Waals surface area contributed by atoms with Crippen LogP contribution < -0.4 is 5.73 Å². The van der Waals surface area contributed by atoms with E-state index in [4.69, 9.17) is 5.73 Å². The summed E-state index contributed by atoms with van der Waals surface area (Å²) in [6, 6.07) is 0.293. The van der Waals surface area contributed by atoms with Gasteiger partial charge < -0.3 is 10.6 Å². The molecule has 3 heteroatoms. The van der Waals surface area contributed by atoms with Crippen molar-refractivity contribution in [2.24, 2.45) is 11.7 Å². The highest BCUT2D eigenvalue weighted by atomic mass is 16.2. The molecule has 0 aliphatic heterocycles. The maximum atomic E-state index is 12.5. The Hall–Kier alpha value is -0.830. The van der Waals surface area contributed by atoms with Gasteiger partial charge in [-0.15, -0.1) is 6.58 Å². The Morgan fingerprint density at radius 3 is 2.29 bits per heavy atom. The lowest BCUT2D eigenvalue weighted by atomic mass is 9.84. The van der Waals surface area contributed by atoms with Crippen LogP contribution in [-0.4, -0.2) is 28.9 Å². The summed E-state index contributed by atoms with van der Waals surface area (Å²) in [5, 5.41) is 0. The van der Waals surface area contributed by atoms with E-state index in [1.54, 1.807) is 6.08 Å². The van der Waals surface area contributed by atoms with Gasteiger partial charge in [-0.2, -0.15) is 0 Å². The summed E-state index contributed by atoms with van der Waals surface area (Å²) in [6.45, 7) is 10.6. The first-order chi connectivity index (χ1) is 7.86. The largest absolute Gasteiger partial charge is 0.334 e. The Labute approximate surface area is 105 Å². The van der Waals surface area contributed by atoms with E-state index in [2.05, 4.69) is 27.4 Å². The van der Waals surface area contributed by atoms with Crippen molar-refractivity contribution in [3.8, 4) is 0 Å². The predicted octanol–water partition coefficient (Wildman–Crippen LogP) is 2.32. The molecule has 0 bridgehead atoms. The summed E-state index contributed by atoms with van der Waals surface area (Å²) in [4.78, 5) is 14.4. The maximum absolute atomic E-state index is 12.5. The van der Waals surface area contributed by atoms with Gasteiger partial charge >= 0.3 is 0 Å². The Morgan fingerprint density at radius 2 is 1.88 bits per heavy atom. The third-order valence-electron chi connectivity index (χ3n) is 3.51. The van der Waals surface area contributed by atoms with Crippen LogP contribution in [-0.2, 0) is 4.79 Å². The first-order valence-corrected chi connectivity index (χ1v) is 6.54. The lowest BCUT2D eigenvalue weighted by Crippen LogP contribution is -2.49. The van der Waals surface area contributed by atoms with Crippen molar-refractivity contribution >= 4 is 5.91 Å². The van der Waals surface area contributed by atoms with Crippen LogP contribution in [0.1, 0.15) is 46.5 Å². The third-order valence-corrected chi connectivity index (χ3v) is 3.51. The molecule has 0 aromatic carbocycles. The van der Waals surface area contributed by atoms with Gasteiger partial charge in [0.15, 0.2) is 0 Å². The van der Waals surface area contributed by atoms with E-state index in [0.717, 1.165) is 25.7 Å². The summed E-state index contributed by atoms with van der Waals surface area (Å²) in [5.74, 6) is 0.429. The fraction of sp³-hybridized carbons (Fsp3) is 0.786. The molecule has 0 atom stereocenters. The van der Waals surface area contributed by atoms with Crippen molar-refractivity contribution in [2.75, 3.05) is 6.54 Å². The average Bonchev–Trinajstić information content (AvgIpc) is 2.24. The Kier molecular flexibility index (Phi) is 4.75. The van der Waals surface area contributed by atoms with Gasteiger partial charge in [0.25, 0.3) is 0 Å². The lowest BCUT2D eigenvalue weighted by molar-refractivity contribution is -0.140. The fourth-order valence-electron chi connectivity index (χ4n) is 2.41. The normalized spacial score (nSPS) is 25.4. The molecule has 17 heavy (non-hydrogen) atoms. The zero-order valence-electron chi connectivity index (χ0n) is 11.4. The van der Waals surface area contributed by atoms with Crippen LogP contribution >= 0.6 is 0 Å². The Morgan fingerprint density at radius 1 is 1.35 bits per heavy atom. The topological polar surface area (TPSA) is 46.3 Å². The van der Waals surface area contributed by atoms with E-state index >= 15 is 0 Å². The molecule has 0 radical (unpaired) electrons. The van der Waals surface area contributed by atoms with E-state index in [1.807, 2.05) is 4.90 Å². The lowest BCUT2D eigenvalue weighted by Gasteiger charge is -2.38. The number of nitrogens with zero attached hydrogens (tertiary/aromatic N) is 1. The Bertz CT molecular complexity index is 272. The van der Waals surface area contributed by atoms with Crippen LogP contribution in [0.3, 0.4) is 0 Å². The third kappa shape index (κ3) is 3.84. The molecule has 1 aliphatic carbocycles. The first kappa shape index (κ1) is 14.2. The smallest absolute Gasteiger partial charge is 0.226 e. The number of hydrogen-bond acceptors (Lipinski definition) is 2. The molecule has 0 unspecified atom stereocenters. The zero-order valence-corrected chi connectivity index (χ0v) is 11.4. The van der Waals surface area contributed by atoms with Crippen LogP contribution in [0, 0.1) is 5.92 Å². The molecule has 3 nitrogen and oxygen atoms in total. The molecule has 1 fully saturated rings. The highest BCUT2D eigenvalue weighted by Gasteiger charge is 2.32. The molecule has 1 saturated carbocycles. The molecule has 1 rings (SSSR count). The molecule has 0 aromatic heterocycles. The monoisotopic (exact) mass is 238 g/mol. The number of rotatable bonds is 3. The first-order valence-electron chi connectivity index (χ1n) is 6.54. The highest BCUT2D eigenvalue weighted by molar-refractivity contribution is 5.79. The summed E-state index contributed by atoms with van der Waals surface area (Å²) in [7, 11) is 0. The quantitative estimate of drug-likeness (QED) is 0.767. The van der Waals surface area contributed by atoms with E-state index < -0.39 is 0 Å². The van der Waals surface area contributed by atoms with Crippen LogP contribution in [0.25, 0.3) is 0 Å². The molecular formula is C14H26N2O. The standard InChI is InChI=1S/C14H26N2O/c1-5-10-16(14(2,3)4)13(17)11-6-8-12(15)9-7-11/h5,11-12H,1,6-10,15H2,2-4H3. The molecule has 0 saturated heterocycles. The highest BCUT2D eigenvalue weighted by Crippen LogP contribution is 2.27. The molecule has 0 heterocycles. The molecular weight excluding hydrogens is 212 g/mol. The van der Waals surface area contributed by atoms with Gasteiger partial charge in [-0.25, -0.2) is 0 Å². The predicted molar refractivity (Wildman–Crippen MR) is 71.6 cm³/mol.